The number of amides is 3. The van der Waals surface area contributed by atoms with Crippen LogP contribution in [-0.4, -0.2) is 70.3 Å². The third-order valence-corrected chi connectivity index (χ3v) is 8.08. The summed E-state index contributed by atoms with van der Waals surface area (Å²) in [6, 6.07) is 6.29. The second-order valence-corrected chi connectivity index (χ2v) is 11.9. The summed E-state index contributed by atoms with van der Waals surface area (Å²) in [5.41, 5.74) is -1.86. The number of nitrogens with zero attached hydrogens (tertiary/aromatic N) is 1. The summed E-state index contributed by atoms with van der Waals surface area (Å²) in [4.78, 5) is 43.1. The van der Waals surface area contributed by atoms with Crippen molar-refractivity contribution in [3.8, 4) is 5.75 Å². The molecule has 9 nitrogen and oxygen atoms in total. The first-order chi connectivity index (χ1) is 17.4. The van der Waals surface area contributed by atoms with Crippen LogP contribution in [0.4, 0.5) is 5.69 Å². The van der Waals surface area contributed by atoms with Gasteiger partial charge >= 0.3 is 0 Å². The second-order valence-electron chi connectivity index (χ2n) is 11.9. The summed E-state index contributed by atoms with van der Waals surface area (Å²) in [5.74, 6) is -1.61. The number of aliphatic hydroxyl groups excluding tert-OH is 1. The molecule has 1 aromatic carbocycles. The van der Waals surface area contributed by atoms with Crippen LogP contribution in [0.1, 0.15) is 60.8 Å². The minimum atomic E-state index is -1.08. The van der Waals surface area contributed by atoms with E-state index in [0.29, 0.717) is 43.9 Å². The number of hydrogen-bond acceptors (Lipinski definition) is 6. The highest BCUT2D eigenvalue weighted by molar-refractivity contribution is 6.02. The van der Waals surface area contributed by atoms with Gasteiger partial charge in [-0.15, -0.1) is 0 Å². The van der Waals surface area contributed by atoms with Gasteiger partial charge in [0.15, 0.2) is 0 Å². The fourth-order valence-corrected chi connectivity index (χ4v) is 6.53. The molecule has 204 valence electrons. The molecule has 0 saturated carbocycles. The highest BCUT2D eigenvalue weighted by atomic mass is 16.5. The molecular weight excluding hydrogens is 474 g/mol. The van der Waals surface area contributed by atoms with E-state index >= 15 is 0 Å². The predicted octanol–water partition coefficient (Wildman–Crippen LogP) is 2.72. The summed E-state index contributed by atoms with van der Waals surface area (Å²) in [7, 11) is 0. The molecule has 2 bridgehead atoms. The van der Waals surface area contributed by atoms with E-state index in [9.17, 15) is 19.5 Å². The Bertz CT molecular complexity index is 1040. The molecule has 3 heterocycles. The maximum absolute atomic E-state index is 14.0. The third-order valence-electron chi connectivity index (χ3n) is 8.08. The standard InChI is InChI=1S/C28H41N3O6/c1-7-36-19-12-10-18(11-13-19)29-23(33)20-21-25(35)31(14-8-9-15-32)22(24(34)30-26(3,4)5)28(21)16-17(2)27(20,6)37-28/h10-13,17,20-22,32H,7-9,14-16H2,1-6H3,(H,29,33)(H,30,34)/t17?,20-,21+,22?,27+,28?/m1/s1. The third kappa shape index (κ3) is 4.72. The smallest absolute Gasteiger partial charge is 0.246 e. The molecule has 3 aliphatic heterocycles. The number of unbranched alkanes of at least 4 members (excludes halogenated alkanes) is 1. The van der Waals surface area contributed by atoms with Crippen molar-refractivity contribution in [2.45, 2.75) is 83.6 Å². The van der Waals surface area contributed by atoms with Gasteiger partial charge in [-0.25, -0.2) is 0 Å². The van der Waals surface area contributed by atoms with Gasteiger partial charge in [0.2, 0.25) is 17.7 Å². The fraction of sp³-hybridized carbons (Fsp3) is 0.679. The van der Waals surface area contributed by atoms with Gasteiger partial charge in [0, 0.05) is 24.4 Å². The number of likely N-dealkylation sites (tertiary alicyclic amines) is 1. The lowest BCUT2D eigenvalue weighted by molar-refractivity contribution is -0.147. The van der Waals surface area contributed by atoms with Crippen molar-refractivity contribution in [1.82, 2.24) is 10.2 Å². The molecule has 6 atom stereocenters. The molecule has 3 fully saturated rings. The van der Waals surface area contributed by atoms with Crippen molar-refractivity contribution in [1.29, 1.82) is 0 Å². The van der Waals surface area contributed by atoms with Crippen molar-refractivity contribution in [2.24, 2.45) is 17.8 Å². The summed E-state index contributed by atoms with van der Waals surface area (Å²) >= 11 is 0. The van der Waals surface area contributed by atoms with Gasteiger partial charge in [0.05, 0.1) is 24.0 Å². The summed E-state index contributed by atoms with van der Waals surface area (Å²) < 4.78 is 12.2. The SMILES string of the molecule is CCOc1ccc(NC(=O)[C@H]2[C@H]3C(=O)N(CCCCO)C(C(=O)NC(C)(C)C)C34CC(C)[C@]2(C)O4)cc1. The highest BCUT2D eigenvalue weighted by Crippen LogP contribution is 2.65. The van der Waals surface area contributed by atoms with Gasteiger partial charge in [-0.2, -0.15) is 0 Å². The molecule has 0 aromatic heterocycles. The number of ether oxygens (including phenoxy) is 2. The van der Waals surface area contributed by atoms with Crippen LogP contribution < -0.4 is 15.4 Å². The van der Waals surface area contributed by atoms with E-state index in [-0.39, 0.29) is 30.2 Å². The van der Waals surface area contributed by atoms with E-state index < -0.39 is 34.6 Å². The average Bonchev–Trinajstić information content (AvgIpc) is 3.31. The predicted molar refractivity (Wildman–Crippen MR) is 139 cm³/mol. The number of nitrogens with one attached hydrogen (secondary N) is 2. The molecule has 0 aliphatic carbocycles. The molecule has 3 N–H and O–H groups in total. The second kappa shape index (κ2) is 9.91. The molecule has 3 aliphatic rings. The topological polar surface area (TPSA) is 117 Å². The first kappa shape index (κ1) is 27.4. The zero-order valence-electron chi connectivity index (χ0n) is 22.8. The van der Waals surface area contributed by atoms with Crippen molar-refractivity contribution in [2.75, 3.05) is 25.1 Å². The minimum Gasteiger partial charge on any atom is -0.494 e. The van der Waals surface area contributed by atoms with Crippen LogP contribution >= 0.6 is 0 Å². The molecule has 1 aromatic rings. The van der Waals surface area contributed by atoms with Crippen LogP contribution in [0.2, 0.25) is 0 Å². The van der Waals surface area contributed by atoms with Gasteiger partial charge in [-0.3, -0.25) is 14.4 Å². The van der Waals surface area contributed by atoms with Crippen LogP contribution in [0.5, 0.6) is 5.75 Å². The zero-order chi connectivity index (χ0) is 27.2. The Labute approximate surface area is 219 Å². The van der Waals surface area contributed by atoms with E-state index in [1.165, 1.54) is 0 Å². The molecule has 37 heavy (non-hydrogen) atoms. The number of fused-ring (bicyclic) bond motifs is 1. The van der Waals surface area contributed by atoms with Crippen LogP contribution in [0.25, 0.3) is 0 Å². The molecule has 1 spiro atoms. The average molecular weight is 516 g/mol. The Balaban J connectivity index is 1.68. The molecule has 3 unspecified atom stereocenters. The Morgan fingerprint density at radius 2 is 1.86 bits per heavy atom. The zero-order valence-corrected chi connectivity index (χ0v) is 22.8. The monoisotopic (exact) mass is 515 g/mol. The lowest BCUT2D eigenvalue weighted by Gasteiger charge is -2.37. The van der Waals surface area contributed by atoms with Crippen LogP contribution in [0.15, 0.2) is 24.3 Å². The number of carbonyl (C=O) groups excluding carboxylic acids is 3. The molecule has 4 rings (SSSR count). The number of anilines is 1. The van der Waals surface area contributed by atoms with Crippen molar-refractivity contribution in [3.05, 3.63) is 24.3 Å². The molecule has 3 saturated heterocycles. The highest BCUT2D eigenvalue weighted by Gasteiger charge is 2.79. The van der Waals surface area contributed by atoms with E-state index in [1.54, 1.807) is 29.2 Å². The minimum absolute atomic E-state index is 0.00811. The largest absolute Gasteiger partial charge is 0.494 e. The Hall–Kier alpha value is -2.65. The van der Waals surface area contributed by atoms with Crippen molar-refractivity contribution >= 4 is 23.4 Å². The van der Waals surface area contributed by atoms with Crippen molar-refractivity contribution < 1.29 is 29.0 Å². The summed E-state index contributed by atoms with van der Waals surface area (Å²) in [5, 5.41) is 15.3. The number of benzene rings is 1. The number of carbonyl (C=O) groups is 3. The Morgan fingerprint density at radius 3 is 2.46 bits per heavy atom. The molecule has 0 radical (unpaired) electrons. The molecule has 3 amide bonds. The first-order valence-electron chi connectivity index (χ1n) is 13.3. The number of hydrogen-bond donors (Lipinski definition) is 3. The molecule has 9 heteroatoms. The lowest BCUT2D eigenvalue weighted by Crippen LogP contribution is -2.58. The summed E-state index contributed by atoms with van der Waals surface area (Å²) in [6.45, 7) is 12.4. The van der Waals surface area contributed by atoms with Gasteiger partial charge < -0.3 is 30.1 Å². The van der Waals surface area contributed by atoms with Crippen LogP contribution in [-0.2, 0) is 19.1 Å². The van der Waals surface area contributed by atoms with E-state index in [0.717, 1.165) is 0 Å². The lowest BCUT2D eigenvalue weighted by atomic mass is 9.62. The van der Waals surface area contributed by atoms with Gasteiger partial charge in [-0.1, -0.05) is 6.92 Å². The van der Waals surface area contributed by atoms with Gasteiger partial charge in [0.25, 0.3) is 0 Å². The maximum Gasteiger partial charge on any atom is 0.246 e. The van der Waals surface area contributed by atoms with E-state index in [4.69, 9.17) is 9.47 Å². The van der Waals surface area contributed by atoms with Gasteiger partial charge in [-0.05, 0) is 84.1 Å². The fourth-order valence-electron chi connectivity index (χ4n) is 6.53. The van der Waals surface area contributed by atoms with Crippen molar-refractivity contribution in [3.63, 3.8) is 0 Å². The maximum atomic E-state index is 14.0. The van der Waals surface area contributed by atoms with E-state index in [1.807, 2.05) is 41.5 Å². The van der Waals surface area contributed by atoms with Crippen LogP contribution in [0.3, 0.4) is 0 Å². The Morgan fingerprint density at radius 1 is 1.19 bits per heavy atom. The van der Waals surface area contributed by atoms with E-state index in [2.05, 4.69) is 10.6 Å². The summed E-state index contributed by atoms with van der Waals surface area (Å²) in [6.07, 6.45) is 1.59. The van der Waals surface area contributed by atoms with Crippen LogP contribution in [0, 0.1) is 17.8 Å². The number of rotatable bonds is 9. The van der Waals surface area contributed by atoms with Gasteiger partial charge in [0.1, 0.15) is 17.4 Å². The Kier molecular flexibility index (Phi) is 7.33. The quantitative estimate of drug-likeness (QED) is 0.436. The molecular formula is C28H41N3O6. The number of aliphatic hydroxyl groups is 1. The first-order valence-corrected chi connectivity index (χ1v) is 13.3. The normalized spacial score (nSPS) is 32.4.